The average Bonchev–Trinajstić information content (AvgIpc) is 2.70. The van der Waals surface area contributed by atoms with Crippen LogP contribution in [0.4, 0.5) is 0 Å². The minimum Gasteiger partial charge on any atom is -0.427 e. The highest BCUT2D eigenvalue weighted by atomic mass is 16.5. The lowest BCUT2D eigenvalue weighted by Crippen LogP contribution is -2.05. The molecule has 0 heterocycles. The molecule has 0 spiro atoms. The number of ether oxygens (including phenoxy) is 2. The molecule has 0 bridgehead atoms. The van der Waals surface area contributed by atoms with Gasteiger partial charge in [-0.1, -0.05) is 57.6 Å². The van der Waals surface area contributed by atoms with Crippen LogP contribution in [-0.4, -0.2) is 17.7 Å². The highest BCUT2D eigenvalue weighted by Gasteiger charge is 2.07. The minimum atomic E-state index is -0.383. The van der Waals surface area contributed by atoms with E-state index in [9.17, 15) is 14.4 Å². The van der Waals surface area contributed by atoms with Crippen molar-refractivity contribution in [1.29, 1.82) is 0 Å². The van der Waals surface area contributed by atoms with Crippen LogP contribution in [0.2, 0.25) is 0 Å². The zero-order valence-electron chi connectivity index (χ0n) is 21.4. The molecule has 186 valence electrons. The van der Waals surface area contributed by atoms with Crippen LogP contribution in [0.5, 0.6) is 11.5 Å². The van der Waals surface area contributed by atoms with Crippen molar-refractivity contribution in [3.8, 4) is 11.5 Å². The van der Waals surface area contributed by atoms with Crippen molar-refractivity contribution in [2.24, 2.45) is 0 Å². The van der Waals surface area contributed by atoms with E-state index in [-0.39, 0.29) is 17.7 Å². The van der Waals surface area contributed by atoms with Crippen LogP contribution in [0.15, 0.2) is 30.4 Å². The molecule has 0 radical (unpaired) electrons. The molecule has 0 atom stereocenters. The van der Waals surface area contributed by atoms with E-state index in [2.05, 4.69) is 19.1 Å². The number of aryl methyl sites for hydroxylation is 1. The van der Waals surface area contributed by atoms with Crippen LogP contribution in [0.3, 0.4) is 0 Å². The van der Waals surface area contributed by atoms with Gasteiger partial charge in [0.2, 0.25) is 0 Å². The minimum absolute atomic E-state index is 0.167. The van der Waals surface area contributed by atoms with E-state index in [4.69, 9.17) is 9.47 Å². The van der Waals surface area contributed by atoms with Gasteiger partial charge < -0.3 is 14.3 Å². The Bertz CT molecular complexity index is 683. The number of hydrogen-bond donors (Lipinski definition) is 0. The zero-order chi connectivity index (χ0) is 24.9. The quantitative estimate of drug-likeness (QED) is 0.117. The maximum absolute atomic E-state index is 11.2. The molecule has 0 unspecified atom stereocenters. The van der Waals surface area contributed by atoms with Gasteiger partial charge in [-0.2, -0.15) is 0 Å². The number of hydrogen-bond acceptors (Lipinski definition) is 5. The predicted molar refractivity (Wildman–Crippen MR) is 135 cm³/mol. The Morgan fingerprint density at radius 1 is 0.667 bits per heavy atom. The van der Waals surface area contributed by atoms with Crippen LogP contribution in [-0.2, 0) is 20.8 Å². The van der Waals surface area contributed by atoms with Crippen molar-refractivity contribution in [2.75, 3.05) is 0 Å². The van der Waals surface area contributed by atoms with Crippen LogP contribution in [0, 0.1) is 0 Å². The Kier molecular flexibility index (Phi) is 18.7. The van der Waals surface area contributed by atoms with Crippen molar-refractivity contribution in [3.63, 3.8) is 0 Å². The molecule has 0 aliphatic heterocycles. The number of carbonyl (C=O) groups excluding carboxylic acids is 3. The summed E-state index contributed by atoms with van der Waals surface area (Å²) in [7, 11) is 0. The van der Waals surface area contributed by atoms with Crippen molar-refractivity contribution in [3.05, 3.63) is 35.9 Å². The molecule has 0 saturated carbocycles. The Morgan fingerprint density at radius 2 is 1.09 bits per heavy atom. The molecule has 0 aliphatic carbocycles. The van der Waals surface area contributed by atoms with Crippen LogP contribution in [0.1, 0.15) is 111 Å². The van der Waals surface area contributed by atoms with E-state index in [0.717, 1.165) is 18.4 Å². The standard InChI is InChI=1S/C25H38O4.C3H6O/c1-4-5-6-7-8-9-10-11-12-13-14-15-16-17-23-18-24(28-21(2)26)20-25(19-23)29-22(3)27;1-3(2)4/h9-10,18-20H,4-8,11-17H2,1-3H3;1-2H3/b10-9-;. The fraction of sp³-hybridized carbons (Fsp3) is 0.607. The SMILES string of the molecule is CC(C)=O.CCCCCC/C=C\CCCCCCCc1cc(OC(C)=O)cc(OC(C)=O)c1. The van der Waals surface area contributed by atoms with Crippen molar-refractivity contribution in [1.82, 2.24) is 0 Å². The summed E-state index contributed by atoms with van der Waals surface area (Å²) in [5, 5.41) is 0. The molecule has 0 amide bonds. The van der Waals surface area contributed by atoms with Gasteiger partial charge >= 0.3 is 11.9 Å². The molecule has 0 fully saturated rings. The largest absolute Gasteiger partial charge is 0.427 e. The molecule has 0 saturated heterocycles. The first kappa shape index (κ1) is 30.6. The molecule has 1 aromatic carbocycles. The van der Waals surface area contributed by atoms with Gasteiger partial charge in [0.15, 0.2) is 0 Å². The van der Waals surface area contributed by atoms with E-state index in [1.54, 1.807) is 6.07 Å². The molecular weight excluding hydrogens is 416 g/mol. The summed E-state index contributed by atoms with van der Waals surface area (Å²) in [6, 6.07) is 5.27. The Labute approximate surface area is 200 Å². The lowest BCUT2D eigenvalue weighted by atomic mass is 10.0. The first-order chi connectivity index (χ1) is 15.7. The smallest absolute Gasteiger partial charge is 0.308 e. The molecule has 1 rings (SSSR count). The number of ketones is 1. The van der Waals surface area contributed by atoms with Gasteiger partial charge in [0, 0.05) is 19.9 Å². The summed E-state index contributed by atoms with van der Waals surface area (Å²) in [6.45, 7) is 8.02. The fourth-order valence-electron chi connectivity index (χ4n) is 3.27. The maximum Gasteiger partial charge on any atom is 0.308 e. The number of rotatable bonds is 15. The topological polar surface area (TPSA) is 69.7 Å². The van der Waals surface area contributed by atoms with Crippen LogP contribution in [0.25, 0.3) is 0 Å². The first-order valence-corrected chi connectivity index (χ1v) is 12.4. The van der Waals surface area contributed by atoms with Gasteiger partial charge in [-0.15, -0.1) is 0 Å². The molecule has 1 aromatic rings. The number of Topliss-reactive ketones (excluding diaryl/α,β-unsaturated/α-hetero) is 1. The van der Waals surface area contributed by atoms with E-state index < -0.39 is 0 Å². The molecule has 33 heavy (non-hydrogen) atoms. The molecule has 0 aromatic heterocycles. The zero-order valence-corrected chi connectivity index (χ0v) is 21.4. The molecule has 5 nitrogen and oxygen atoms in total. The Morgan fingerprint density at radius 3 is 1.55 bits per heavy atom. The lowest BCUT2D eigenvalue weighted by Gasteiger charge is -2.09. The summed E-state index contributed by atoms with van der Waals surface area (Å²) in [5.41, 5.74) is 1.02. The van der Waals surface area contributed by atoms with E-state index in [1.165, 1.54) is 91.9 Å². The third-order valence-corrected chi connectivity index (χ3v) is 4.69. The van der Waals surface area contributed by atoms with Crippen LogP contribution < -0.4 is 9.47 Å². The van der Waals surface area contributed by atoms with Gasteiger partial charge in [-0.25, -0.2) is 0 Å². The summed E-state index contributed by atoms with van der Waals surface area (Å²) in [5.74, 6) is 0.248. The lowest BCUT2D eigenvalue weighted by molar-refractivity contribution is -0.132. The van der Waals surface area contributed by atoms with Crippen molar-refractivity contribution in [2.45, 2.75) is 112 Å². The van der Waals surface area contributed by atoms with Crippen LogP contribution >= 0.6 is 0 Å². The number of esters is 2. The third kappa shape index (κ3) is 21.2. The average molecular weight is 461 g/mol. The maximum atomic E-state index is 11.2. The molecule has 0 N–H and O–H groups in total. The monoisotopic (exact) mass is 460 g/mol. The molecule has 0 aliphatic rings. The normalized spacial score (nSPS) is 10.5. The third-order valence-electron chi connectivity index (χ3n) is 4.69. The summed E-state index contributed by atoms with van der Waals surface area (Å²) in [6.07, 6.45) is 19.3. The number of unbranched alkanes of at least 4 members (excludes halogenated alkanes) is 9. The molecular formula is C28H44O5. The van der Waals surface area contributed by atoms with Crippen molar-refractivity contribution >= 4 is 17.7 Å². The predicted octanol–water partition coefficient (Wildman–Crippen LogP) is 7.54. The second-order valence-corrected chi connectivity index (χ2v) is 8.54. The Hall–Kier alpha value is -2.43. The fourth-order valence-corrected chi connectivity index (χ4v) is 3.27. The Balaban J connectivity index is 0.00000235. The van der Waals surface area contributed by atoms with Gasteiger partial charge in [0.1, 0.15) is 17.3 Å². The summed E-state index contributed by atoms with van der Waals surface area (Å²) < 4.78 is 10.3. The molecule has 5 heteroatoms. The summed E-state index contributed by atoms with van der Waals surface area (Å²) in [4.78, 5) is 31.9. The van der Waals surface area contributed by atoms with E-state index >= 15 is 0 Å². The van der Waals surface area contributed by atoms with Gasteiger partial charge in [0.05, 0.1) is 0 Å². The highest BCUT2D eigenvalue weighted by Crippen LogP contribution is 2.25. The summed E-state index contributed by atoms with van der Waals surface area (Å²) >= 11 is 0. The van der Waals surface area contributed by atoms with E-state index in [1.807, 2.05) is 12.1 Å². The van der Waals surface area contributed by atoms with Crippen molar-refractivity contribution < 1.29 is 23.9 Å². The number of carbonyl (C=O) groups is 3. The second-order valence-electron chi connectivity index (χ2n) is 8.54. The van der Waals surface area contributed by atoms with Gasteiger partial charge in [-0.05, 0) is 70.1 Å². The second kappa shape index (κ2) is 20.2. The number of allylic oxidation sites excluding steroid dienone is 2. The van der Waals surface area contributed by atoms with Gasteiger partial charge in [0.25, 0.3) is 0 Å². The number of benzene rings is 1. The highest BCUT2D eigenvalue weighted by molar-refractivity contribution is 5.72. The van der Waals surface area contributed by atoms with Gasteiger partial charge in [-0.3, -0.25) is 9.59 Å². The first-order valence-electron chi connectivity index (χ1n) is 12.4. The van der Waals surface area contributed by atoms with E-state index in [0.29, 0.717) is 11.5 Å².